The number of aromatic nitrogens is 3. The quantitative estimate of drug-likeness (QED) is 0.484. The number of amides is 1. The van der Waals surface area contributed by atoms with Gasteiger partial charge in [-0.3, -0.25) is 9.48 Å². The third-order valence-corrected chi connectivity index (χ3v) is 9.18. The van der Waals surface area contributed by atoms with Gasteiger partial charge in [0.25, 0.3) is 5.91 Å². The van der Waals surface area contributed by atoms with E-state index in [1.54, 1.807) is 0 Å². The molecule has 4 fully saturated rings. The third kappa shape index (κ3) is 3.47. The maximum atomic E-state index is 13.9. The van der Waals surface area contributed by atoms with Crippen LogP contribution in [0, 0.1) is 30.1 Å². The van der Waals surface area contributed by atoms with Crippen molar-refractivity contribution in [3.8, 4) is 11.3 Å². The second-order valence-electron chi connectivity index (χ2n) is 11.2. The zero-order valence-corrected chi connectivity index (χ0v) is 20.7. The molecule has 0 saturated heterocycles. The van der Waals surface area contributed by atoms with Crippen LogP contribution in [0.2, 0.25) is 0 Å². The van der Waals surface area contributed by atoms with E-state index in [0.717, 1.165) is 64.1 Å². The van der Waals surface area contributed by atoms with E-state index in [1.807, 2.05) is 41.2 Å². The Bertz CT molecular complexity index is 1210. The minimum atomic E-state index is 0.0444. The molecule has 0 spiro atoms. The van der Waals surface area contributed by atoms with Gasteiger partial charge in [0.2, 0.25) is 0 Å². The first kappa shape index (κ1) is 21.8. The van der Waals surface area contributed by atoms with Crippen LogP contribution in [-0.4, -0.2) is 26.7 Å². The maximum absolute atomic E-state index is 13.9. The minimum absolute atomic E-state index is 0.0444. The predicted molar refractivity (Wildman–Crippen MR) is 136 cm³/mol. The highest BCUT2D eigenvalue weighted by Crippen LogP contribution is 2.61. The summed E-state index contributed by atoms with van der Waals surface area (Å²) < 4.78 is 1.98. The van der Waals surface area contributed by atoms with Crippen LogP contribution in [0.4, 0.5) is 0 Å². The van der Waals surface area contributed by atoms with Crippen molar-refractivity contribution in [2.45, 2.75) is 78.3 Å². The number of hydrogen-bond donors (Lipinski definition) is 1. The smallest absolute Gasteiger partial charge is 0.252 e. The van der Waals surface area contributed by atoms with Crippen molar-refractivity contribution in [2.75, 3.05) is 0 Å². The Hall–Kier alpha value is -2.69. The standard InChI is InChI=1S/C29H36N4O/c1-4-27(29-14-19-10-20(15-29)12-21(11-19)16-29)32-28(34)23-13-26(24-17-30-33(5-2)18(24)3)31-25-9-7-6-8-22(23)25/h6-9,13,17,19-21,27H,4-5,10-12,14-16H2,1-3H3,(H,32,34). The number of carbonyl (C=O) groups excluding carboxylic acids is 1. The molecule has 5 nitrogen and oxygen atoms in total. The van der Waals surface area contributed by atoms with Gasteiger partial charge in [0.15, 0.2) is 0 Å². The van der Waals surface area contributed by atoms with Crippen LogP contribution < -0.4 is 5.32 Å². The zero-order chi connectivity index (χ0) is 23.4. The van der Waals surface area contributed by atoms with Crippen molar-refractivity contribution < 1.29 is 4.79 Å². The lowest BCUT2D eigenvalue weighted by atomic mass is 9.47. The minimum Gasteiger partial charge on any atom is -0.349 e. The Labute approximate surface area is 202 Å². The van der Waals surface area contributed by atoms with Crippen molar-refractivity contribution in [1.82, 2.24) is 20.1 Å². The normalized spacial score (nSPS) is 28.4. The third-order valence-electron chi connectivity index (χ3n) is 9.18. The van der Waals surface area contributed by atoms with Gasteiger partial charge >= 0.3 is 0 Å². The van der Waals surface area contributed by atoms with E-state index in [9.17, 15) is 4.79 Å². The van der Waals surface area contributed by atoms with E-state index in [1.165, 1.54) is 38.5 Å². The molecule has 0 radical (unpaired) electrons. The van der Waals surface area contributed by atoms with Gasteiger partial charge < -0.3 is 5.32 Å². The summed E-state index contributed by atoms with van der Waals surface area (Å²) in [6.45, 7) is 7.23. The first-order valence-corrected chi connectivity index (χ1v) is 13.2. The molecule has 4 bridgehead atoms. The molecular weight excluding hydrogens is 420 g/mol. The summed E-state index contributed by atoms with van der Waals surface area (Å²) in [4.78, 5) is 18.8. The van der Waals surface area contributed by atoms with Crippen molar-refractivity contribution in [2.24, 2.45) is 23.2 Å². The molecule has 2 heterocycles. The fourth-order valence-electron chi connectivity index (χ4n) is 8.05. The molecule has 1 aromatic carbocycles. The maximum Gasteiger partial charge on any atom is 0.252 e. The topological polar surface area (TPSA) is 59.8 Å². The van der Waals surface area contributed by atoms with Crippen LogP contribution in [0.5, 0.6) is 0 Å². The zero-order valence-electron chi connectivity index (χ0n) is 20.7. The second kappa shape index (κ2) is 8.21. The number of nitrogens with one attached hydrogen (secondary N) is 1. The number of rotatable bonds is 6. The molecule has 1 N–H and O–H groups in total. The summed E-state index contributed by atoms with van der Waals surface area (Å²) in [5.74, 6) is 2.68. The van der Waals surface area contributed by atoms with Gasteiger partial charge in [0.05, 0.1) is 23.0 Å². The van der Waals surface area contributed by atoms with Crippen molar-refractivity contribution >= 4 is 16.8 Å². The highest BCUT2D eigenvalue weighted by atomic mass is 16.1. The fourth-order valence-corrected chi connectivity index (χ4v) is 8.05. The summed E-state index contributed by atoms with van der Waals surface area (Å²) in [7, 11) is 0. The first-order chi connectivity index (χ1) is 16.5. The van der Waals surface area contributed by atoms with E-state index >= 15 is 0 Å². The molecule has 1 atom stereocenters. The van der Waals surface area contributed by atoms with Gasteiger partial charge in [-0.1, -0.05) is 25.1 Å². The number of benzene rings is 1. The molecule has 4 aliphatic carbocycles. The summed E-state index contributed by atoms with van der Waals surface area (Å²) in [6, 6.07) is 10.2. The number of aryl methyl sites for hydroxylation is 1. The molecule has 5 heteroatoms. The molecule has 2 aromatic heterocycles. The fraction of sp³-hybridized carbons (Fsp3) is 0.552. The van der Waals surface area contributed by atoms with Crippen molar-refractivity contribution in [1.29, 1.82) is 0 Å². The first-order valence-electron chi connectivity index (χ1n) is 13.2. The van der Waals surface area contributed by atoms with E-state index in [4.69, 9.17) is 4.98 Å². The van der Waals surface area contributed by atoms with Crippen LogP contribution in [0.3, 0.4) is 0 Å². The van der Waals surface area contributed by atoms with Gasteiger partial charge in [-0.15, -0.1) is 0 Å². The molecule has 1 unspecified atom stereocenters. The number of nitrogens with zero attached hydrogens (tertiary/aromatic N) is 3. The number of pyridine rings is 1. The molecule has 4 aliphatic rings. The van der Waals surface area contributed by atoms with Gasteiger partial charge in [0.1, 0.15) is 0 Å². The molecule has 3 aromatic rings. The average molecular weight is 457 g/mol. The number of para-hydroxylation sites is 1. The highest BCUT2D eigenvalue weighted by molar-refractivity contribution is 6.07. The molecular formula is C29H36N4O. The Balaban J connectivity index is 1.36. The number of fused-ring (bicyclic) bond motifs is 1. The Morgan fingerprint density at radius 3 is 2.41 bits per heavy atom. The number of carbonyl (C=O) groups is 1. The molecule has 178 valence electrons. The summed E-state index contributed by atoms with van der Waals surface area (Å²) in [5.41, 5.74) is 4.78. The largest absolute Gasteiger partial charge is 0.349 e. The molecule has 0 aliphatic heterocycles. The Morgan fingerprint density at radius 2 is 1.79 bits per heavy atom. The van der Waals surface area contributed by atoms with Crippen molar-refractivity contribution in [3.05, 3.63) is 47.8 Å². The van der Waals surface area contributed by atoms with Crippen LogP contribution in [0.15, 0.2) is 36.5 Å². The van der Waals surface area contributed by atoms with Crippen LogP contribution >= 0.6 is 0 Å². The van der Waals surface area contributed by atoms with Gasteiger partial charge in [0, 0.05) is 29.2 Å². The lowest BCUT2D eigenvalue weighted by molar-refractivity contribution is -0.0727. The second-order valence-corrected chi connectivity index (χ2v) is 11.2. The Kier molecular flexibility index (Phi) is 5.27. The monoisotopic (exact) mass is 456 g/mol. The van der Waals surface area contributed by atoms with Crippen LogP contribution in [0.25, 0.3) is 22.2 Å². The lowest BCUT2D eigenvalue weighted by Crippen LogP contribution is -2.56. The van der Waals surface area contributed by atoms with Crippen molar-refractivity contribution in [3.63, 3.8) is 0 Å². The summed E-state index contributed by atoms with van der Waals surface area (Å²) in [6.07, 6.45) is 11.0. The van der Waals surface area contributed by atoms with Gasteiger partial charge in [-0.2, -0.15) is 5.10 Å². The SMILES string of the molecule is CCC(NC(=O)c1cc(-c2cnn(CC)c2C)nc2ccccc12)C12CC3CC(CC(C3)C1)C2. The summed E-state index contributed by atoms with van der Waals surface area (Å²) >= 11 is 0. The van der Waals surface area contributed by atoms with Crippen LogP contribution in [0.1, 0.15) is 74.8 Å². The Morgan fingerprint density at radius 1 is 1.12 bits per heavy atom. The summed E-state index contributed by atoms with van der Waals surface area (Å²) in [5, 5.41) is 8.98. The average Bonchev–Trinajstić information content (AvgIpc) is 3.21. The van der Waals surface area contributed by atoms with Crippen LogP contribution in [-0.2, 0) is 6.54 Å². The van der Waals surface area contributed by atoms with E-state index < -0.39 is 0 Å². The molecule has 34 heavy (non-hydrogen) atoms. The van der Waals surface area contributed by atoms with E-state index in [-0.39, 0.29) is 11.9 Å². The molecule has 7 rings (SSSR count). The predicted octanol–water partition coefficient (Wildman–Crippen LogP) is 6.15. The molecule has 4 saturated carbocycles. The lowest BCUT2D eigenvalue weighted by Gasteiger charge is -2.59. The number of hydrogen-bond acceptors (Lipinski definition) is 3. The highest BCUT2D eigenvalue weighted by Gasteiger charge is 2.54. The van der Waals surface area contributed by atoms with E-state index in [2.05, 4.69) is 31.2 Å². The van der Waals surface area contributed by atoms with E-state index in [0.29, 0.717) is 5.41 Å². The molecule has 1 amide bonds. The van der Waals surface area contributed by atoms with Gasteiger partial charge in [-0.25, -0.2) is 4.98 Å². The van der Waals surface area contributed by atoms with Gasteiger partial charge in [-0.05, 0) is 94.1 Å².